The average molecular weight is 405 g/mol. The van der Waals surface area contributed by atoms with Gasteiger partial charge in [-0.05, 0) is 0 Å². The van der Waals surface area contributed by atoms with Gasteiger partial charge in [-0.15, -0.1) is 0 Å². The number of halogens is 3. The fourth-order valence-electron chi connectivity index (χ4n) is 2.65. The standard InChI is InChI=1S/C13H18F3NO10/c1-4(19)17(10(23)13(14,15)16)7-5(20)2-12(26,11(24)25)27-9(7)8(22)6(21)3-18/h5-9,18,20-22,26H,2-3H2,1H3,(H,24,25)/t5-,6+,7+,8+,9+,12-/m0/s1. The van der Waals surface area contributed by atoms with Gasteiger partial charge in [-0.1, -0.05) is 0 Å². The SMILES string of the molecule is CC(=O)N(C(=O)C(F)(F)F)[C@H]1[C@H]([C@H](O)[C@H](O)CO)O[C@](O)(C(=O)O)C[C@@H]1O. The highest BCUT2D eigenvalue weighted by Crippen LogP contribution is 2.35. The average Bonchev–Trinajstić information content (AvgIpc) is 2.53. The second kappa shape index (κ2) is 8.04. The molecule has 0 aromatic heterocycles. The Kier molecular flexibility index (Phi) is 6.90. The third-order valence-corrected chi connectivity index (χ3v) is 3.90. The highest BCUT2D eigenvalue weighted by molar-refractivity contribution is 5.97. The predicted molar refractivity (Wildman–Crippen MR) is 74.6 cm³/mol. The van der Waals surface area contributed by atoms with Crippen LogP contribution in [0.25, 0.3) is 0 Å². The molecule has 0 bridgehead atoms. The lowest BCUT2D eigenvalue weighted by Crippen LogP contribution is -2.69. The van der Waals surface area contributed by atoms with E-state index >= 15 is 0 Å². The number of amides is 2. The van der Waals surface area contributed by atoms with Crippen LogP contribution in [0, 0.1) is 0 Å². The maximum Gasteiger partial charge on any atom is 0.471 e. The minimum absolute atomic E-state index is 0.510. The summed E-state index contributed by atoms with van der Waals surface area (Å²) in [6, 6.07) is -2.33. The van der Waals surface area contributed by atoms with Crippen molar-refractivity contribution in [3.05, 3.63) is 0 Å². The number of carboxylic acid groups (broad SMARTS) is 1. The topological polar surface area (TPSA) is 185 Å². The van der Waals surface area contributed by atoms with Gasteiger partial charge in [0.25, 0.3) is 5.79 Å². The Morgan fingerprint density at radius 3 is 2.19 bits per heavy atom. The highest BCUT2D eigenvalue weighted by atomic mass is 19.4. The summed E-state index contributed by atoms with van der Waals surface area (Å²) in [6.07, 6.45) is -16.0. The molecule has 0 aliphatic carbocycles. The summed E-state index contributed by atoms with van der Waals surface area (Å²) >= 11 is 0. The Morgan fingerprint density at radius 1 is 1.30 bits per heavy atom. The normalized spacial score (nSPS) is 31.1. The van der Waals surface area contributed by atoms with E-state index in [4.69, 9.17) is 10.2 Å². The smallest absolute Gasteiger partial charge is 0.471 e. The second-order valence-corrected chi connectivity index (χ2v) is 5.87. The van der Waals surface area contributed by atoms with E-state index in [9.17, 15) is 48.0 Å². The van der Waals surface area contributed by atoms with Crippen molar-refractivity contribution >= 4 is 17.8 Å². The molecule has 0 aromatic carbocycles. The third-order valence-electron chi connectivity index (χ3n) is 3.90. The third kappa shape index (κ3) is 4.72. The molecule has 1 rings (SSSR count). The zero-order chi connectivity index (χ0) is 21.3. The number of rotatable bonds is 5. The summed E-state index contributed by atoms with van der Waals surface area (Å²) in [5.74, 6) is -9.59. The quantitative estimate of drug-likeness (QED) is 0.274. The second-order valence-electron chi connectivity index (χ2n) is 5.87. The fraction of sp³-hybridized carbons (Fsp3) is 0.769. The fourth-order valence-corrected chi connectivity index (χ4v) is 2.65. The van der Waals surface area contributed by atoms with Gasteiger partial charge < -0.3 is 35.4 Å². The van der Waals surface area contributed by atoms with Crippen LogP contribution in [0.2, 0.25) is 0 Å². The van der Waals surface area contributed by atoms with E-state index in [0.29, 0.717) is 6.92 Å². The van der Waals surface area contributed by atoms with Crippen molar-refractivity contribution < 1.29 is 62.9 Å². The molecule has 0 unspecified atom stereocenters. The van der Waals surface area contributed by atoms with E-state index in [0.717, 1.165) is 0 Å². The molecule has 156 valence electrons. The summed E-state index contributed by atoms with van der Waals surface area (Å²) in [5.41, 5.74) is 0. The highest BCUT2D eigenvalue weighted by Gasteiger charge is 2.59. The van der Waals surface area contributed by atoms with Crippen molar-refractivity contribution in [2.75, 3.05) is 6.61 Å². The van der Waals surface area contributed by atoms with Gasteiger partial charge in [-0.2, -0.15) is 13.2 Å². The number of carboxylic acids is 1. The van der Waals surface area contributed by atoms with E-state index < -0.39 is 78.1 Å². The molecule has 14 heteroatoms. The molecule has 0 radical (unpaired) electrons. The number of carbonyl (C=O) groups excluding carboxylic acids is 2. The maximum absolute atomic E-state index is 12.8. The zero-order valence-electron chi connectivity index (χ0n) is 13.7. The van der Waals surface area contributed by atoms with Crippen molar-refractivity contribution in [2.24, 2.45) is 0 Å². The van der Waals surface area contributed by atoms with Crippen LogP contribution in [0.1, 0.15) is 13.3 Å². The summed E-state index contributed by atoms with van der Waals surface area (Å²) in [7, 11) is 0. The molecule has 0 aromatic rings. The molecular formula is C13H18F3NO10. The van der Waals surface area contributed by atoms with Crippen molar-refractivity contribution in [2.45, 2.75) is 55.8 Å². The molecular weight excluding hydrogens is 387 g/mol. The van der Waals surface area contributed by atoms with Gasteiger partial charge in [0, 0.05) is 13.3 Å². The van der Waals surface area contributed by atoms with Gasteiger partial charge in [0.1, 0.15) is 18.3 Å². The first-order chi connectivity index (χ1) is 12.2. The number of carbonyl (C=O) groups is 3. The van der Waals surface area contributed by atoms with Crippen LogP contribution in [0.15, 0.2) is 0 Å². The van der Waals surface area contributed by atoms with Gasteiger partial charge in [-0.25, -0.2) is 4.79 Å². The molecule has 1 saturated heterocycles. The maximum atomic E-state index is 12.8. The summed E-state index contributed by atoms with van der Waals surface area (Å²) in [5, 5.41) is 57.3. The molecule has 1 fully saturated rings. The Bertz CT molecular complexity index is 599. The minimum atomic E-state index is -5.59. The number of nitrogens with zero attached hydrogens (tertiary/aromatic N) is 1. The molecule has 1 aliphatic heterocycles. The first kappa shape index (κ1) is 23.2. The number of aliphatic hydroxyl groups excluding tert-OH is 4. The number of aliphatic hydroxyl groups is 5. The molecule has 2 amide bonds. The Labute approximate surface area is 149 Å². The molecule has 0 spiro atoms. The van der Waals surface area contributed by atoms with E-state index in [1.165, 1.54) is 0 Å². The number of imide groups is 1. The van der Waals surface area contributed by atoms with E-state index in [1.807, 2.05) is 0 Å². The predicted octanol–water partition coefficient (Wildman–Crippen LogP) is -3.07. The van der Waals surface area contributed by atoms with Gasteiger partial charge in [0.05, 0.1) is 18.8 Å². The molecule has 0 saturated carbocycles. The van der Waals surface area contributed by atoms with Gasteiger partial charge in [0.2, 0.25) is 5.91 Å². The van der Waals surface area contributed by atoms with Crippen molar-refractivity contribution in [1.82, 2.24) is 4.90 Å². The van der Waals surface area contributed by atoms with Crippen LogP contribution in [0.4, 0.5) is 13.2 Å². The van der Waals surface area contributed by atoms with Crippen molar-refractivity contribution in [3.63, 3.8) is 0 Å². The van der Waals surface area contributed by atoms with Crippen LogP contribution in [0.5, 0.6) is 0 Å². The van der Waals surface area contributed by atoms with E-state index in [1.54, 1.807) is 0 Å². The minimum Gasteiger partial charge on any atom is -0.477 e. The lowest BCUT2D eigenvalue weighted by Gasteiger charge is -2.47. The Morgan fingerprint density at radius 2 is 1.81 bits per heavy atom. The van der Waals surface area contributed by atoms with Crippen LogP contribution in [0.3, 0.4) is 0 Å². The summed E-state index contributed by atoms with van der Waals surface area (Å²) < 4.78 is 43.1. The first-order valence-electron chi connectivity index (χ1n) is 7.37. The number of ether oxygens (including phenoxy) is 1. The van der Waals surface area contributed by atoms with Crippen molar-refractivity contribution in [1.29, 1.82) is 0 Å². The van der Waals surface area contributed by atoms with Gasteiger partial charge in [0.15, 0.2) is 0 Å². The molecule has 6 N–H and O–H groups in total. The molecule has 6 atom stereocenters. The lowest BCUT2D eigenvalue weighted by atomic mass is 9.87. The Balaban J connectivity index is 3.47. The lowest BCUT2D eigenvalue weighted by molar-refractivity contribution is -0.303. The van der Waals surface area contributed by atoms with Crippen LogP contribution in [-0.2, 0) is 19.1 Å². The molecule has 11 nitrogen and oxygen atoms in total. The van der Waals surface area contributed by atoms with Crippen LogP contribution < -0.4 is 0 Å². The van der Waals surface area contributed by atoms with Crippen LogP contribution in [-0.4, -0.2) is 102 Å². The number of hydrogen-bond acceptors (Lipinski definition) is 9. The molecule has 27 heavy (non-hydrogen) atoms. The Hall–Kier alpha value is -1.84. The van der Waals surface area contributed by atoms with Crippen LogP contribution >= 0.6 is 0 Å². The first-order valence-corrected chi connectivity index (χ1v) is 7.37. The summed E-state index contributed by atoms with van der Waals surface area (Å²) in [4.78, 5) is 33.9. The van der Waals surface area contributed by atoms with Gasteiger partial charge in [-0.3, -0.25) is 14.5 Å². The van der Waals surface area contributed by atoms with E-state index in [-0.39, 0.29) is 0 Å². The molecule has 1 aliphatic rings. The number of aliphatic carboxylic acids is 1. The number of hydrogen-bond donors (Lipinski definition) is 6. The largest absolute Gasteiger partial charge is 0.477 e. The number of alkyl halides is 3. The van der Waals surface area contributed by atoms with Crippen molar-refractivity contribution in [3.8, 4) is 0 Å². The molecule has 1 heterocycles. The monoisotopic (exact) mass is 405 g/mol. The van der Waals surface area contributed by atoms with E-state index in [2.05, 4.69) is 4.74 Å². The summed E-state index contributed by atoms with van der Waals surface area (Å²) in [6.45, 7) is -0.650. The zero-order valence-corrected chi connectivity index (χ0v) is 13.7. The van der Waals surface area contributed by atoms with Gasteiger partial charge >= 0.3 is 18.1 Å².